The third-order valence-electron chi connectivity index (χ3n) is 4.73. The lowest BCUT2D eigenvalue weighted by atomic mass is 10.1. The highest BCUT2D eigenvalue weighted by molar-refractivity contribution is 6.02. The number of aliphatic hydroxyl groups excluding tert-OH is 1. The molecule has 0 saturated carbocycles. The Kier molecular flexibility index (Phi) is 8.42. The van der Waals surface area contributed by atoms with E-state index in [0.717, 1.165) is 17.7 Å². The molecule has 0 spiro atoms. The maximum atomic E-state index is 13.7. The summed E-state index contributed by atoms with van der Waals surface area (Å²) in [4.78, 5) is 0. The van der Waals surface area contributed by atoms with E-state index < -0.39 is 12.9 Å². The molecule has 2 aromatic rings. The average Bonchev–Trinajstić information content (AvgIpc) is 3.07. The fraction of sp³-hybridized carbons (Fsp3) is 0.409. The predicted octanol–water partition coefficient (Wildman–Crippen LogP) is 4.99. The van der Waals surface area contributed by atoms with Crippen molar-refractivity contribution in [3.8, 4) is 0 Å². The van der Waals surface area contributed by atoms with Crippen LogP contribution in [0.5, 0.6) is 0 Å². The van der Waals surface area contributed by atoms with E-state index in [0.29, 0.717) is 30.0 Å². The SMILES string of the molecule is C=CNc1c(C(C)=N)c(C(O)Nc2ccc(COC)cc2)cn1C(CF)CCC. The highest BCUT2D eigenvalue weighted by atomic mass is 19.1. The van der Waals surface area contributed by atoms with Crippen molar-refractivity contribution in [2.75, 3.05) is 24.4 Å². The number of hydrogen-bond acceptors (Lipinski definition) is 5. The molecule has 0 aliphatic carbocycles. The fourth-order valence-electron chi connectivity index (χ4n) is 3.40. The second-order valence-electron chi connectivity index (χ2n) is 6.96. The number of rotatable bonds is 12. The van der Waals surface area contributed by atoms with Gasteiger partial charge in [-0.15, -0.1) is 0 Å². The second-order valence-corrected chi connectivity index (χ2v) is 6.96. The number of halogens is 1. The first-order valence-electron chi connectivity index (χ1n) is 9.72. The molecule has 158 valence electrons. The molecular weight excluding hydrogens is 371 g/mol. The summed E-state index contributed by atoms with van der Waals surface area (Å²) in [5, 5.41) is 25.2. The van der Waals surface area contributed by atoms with Crippen molar-refractivity contribution in [1.82, 2.24) is 4.57 Å². The first kappa shape index (κ1) is 22.6. The second kappa shape index (κ2) is 10.8. The molecule has 0 amide bonds. The summed E-state index contributed by atoms with van der Waals surface area (Å²) in [5.41, 5.74) is 3.08. The molecule has 2 atom stereocenters. The highest BCUT2D eigenvalue weighted by Gasteiger charge is 2.25. The Morgan fingerprint density at radius 2 is 2.07 bits per heavy atom. The molecule has 6 nitrogen and oxygen atoms in total. The Balaban J connectivity index is 2.41. The normalized spacial score (nSPS) is 13.0. The average molecular weight is 403 g/mol. The molecule has 0 aliphatic heterocycles. The lowest BCUT2D eigenvalue weighted by Crippen LogP contribution is -2.13. The highest BCUT2D eigenvalue weighted by Crippen LogP contribution is 2.33. The van der Waals surface area contributed by atoms with Crippen LogP contribution in [0.25, 0.3) is 0 Å². The number of aliphatic hydroxyl groups is 1. The van der Waals surface area contributed by atoms with Gasteiger partial charge in [0.15, 0.2) is 6.23 Å². The minimum Gasteiger partial charge on any atom is -0.380 e. The van der Waals surface area contributed by atoms with Crippen LogP contribution < -0.4 is 10.6 Å². The van der Waals surface area contributed by atoms with E-state index in [-0.39, 0.29) is 11.8 Å². The lowest BCUT2D eigenvalue weighted by Gasteiger charge is -2.18. The first-order chi connectivity index (χ1) is 14.0. The van der Waals surface area contributed by atoms with Crippen LogP contribution in [0.1, 0.15) is 55.6 Å². The summed E-state index contributed by atoms with van der Waals surface area (Å²) in [7, 11) is 1.64. The van der Waals surface area contributed by atoms with Crippen molar-refractivity contribution in [2.45, 2.75) is 45.6 Å². The number of nitrogens with one attached hydrogen (secondary N) is 3. The summed E-state index contributed by atoms with van der Waals surface area (Å²) >= 11 is 0. The lowest BCUT2D eigenvalue weighted by molar-refractivity contribution is 0.185. The molecule has 7 heteroatoms. The molecule has 0 saturated heterocycles. The maximum absolute atomic E-state index is 13.7. The summed E-state index contributed by atoms with van der Waals surface area (Å²) in [5.74, 6) is 0.565. The zero-order chi connectivity index (χ0) is 21.4. The van der Waals surface area contributed by atoms with Crippen LogP contribution in [0.3, 0.4) is 0 Å². The van der Waals surface area contributed by atoms with Gasteiger partial charge in [0.2, 0.25) is 0 Å². The molecule has 1 aromatic heterocycles. The predicted molar refractivity (Wildman–Crippen MR) is 116 cm³/mol. The Hall–Kier alpha value is -2.64. The molecule has 4 N–H and O–H groups in total. The van der Waals surface area contributed by atoms with Crippen LogP contribution in [0.2, 0.25) is 0 Å². The molecule has 0 aliphatic rings. The molecule has 1 aromatic carbocycles. The van der Waals surface area contributed by atoms with E-state index in [1.165, 1.54) is 6.20 Å². The third-order valence-corrected chi connectivity index (χ3v) is 4.73. The van der Waals surface area contributed by atoms with E-state index in [1.807, 2.05) is 31.2 Å². The number of benzene rings is 1. The molecule has 1 heterocycles. The van der Waals surface area contributed by atoms with E-state index in [4.69, 9.17) is 10.1 Å². The van der Waals surface area contributed by atoms with Crippen LogP contribution >= 0.6 is 0 Å². The van der Waals surface area contributed by atoms with Crippen molar-refractivity contribution < 1.29 is 14.2 Å². The van der Waals surface area contributed by atoms with E-state index in [2.05, 4.69) is 17.2 Å². The Labute approximate surface area is 171 Å². The van der Waals surface area contributed by atoms with E-state index in [1.54, 1.807) is 24.8 Å². The van der Waals surface area contributed by atoms with Gasteiger partial charge in [0.05, 0.1) is 12.6 Å². The van der Waals surface area contributed by atoms with Crippen LogP contribution in [-0.2, 0) is 11.3 Å². The molecule has 2 unspecified atom stereocenters. The topological polar surface area (TPSA) is 82.3 Å². The number of hydrogen-bond donors (Lipinski definition) is 4. The Morgan fingerprint density at radius 1 is 1.38 bits per heavy atom. The summed E-state index contributed by atoms with van der Waals surface area (Å²) in [6.07, 6.45) is 3.63. The van der Waals surface area contributed by atoms with Gasteiger partial charge in [-0.2, -0.15) is 0 Å². The number of anilines is 2. The van der Waals surface area contributed by atoms with Crippen LogP contribution in [-0.4, -0.2) is 29.2 Å². The summed E-state index contributed by atoms with van der Waals surface area (Å²) in [6, 6.07) is 7.16. The smallest absolute Gasteiger partial charge is 0.153 e. The standard InChI is InChI=1S/C22H31FN4O2/c1-5-7-18(12-23)27-13-19(20(15(3)24)21(27)25-6-2)22(28)26-17-10-8-16(9-11-17)14-29-4/h6,8-11,13,18,22,24-26,28H,2,5,7,12,14H2,1,3-4H3. The van der Waals surface area contributed by atoms with Crippen molar-refractivity contribution in [3.05, 3.63) is 59.9 Å². The maximum Gasteiger partial charge on any atom is 0.153 e. The van der Waals surface area contributed by atoms with Gasteiger partial charge in [0.1, 0.15) is 12.5 Å². The van der Waals surface area contributed by atoms with Gasteiger partial charge in [-0.05, 0) is 37.2 Å². The summed E-state index contributed by atoms with van der Waals surface area (Å²) < 4.78 is 20.6. The van der Waals surface area contributed by atoms with Gasteiger partial charge >= 0.3 is 0 Å². The number of methoxy groups -OCH3 is 1. The largest absolute Gasteiger partial charge is 0.380 e. The monoisotopic (exact) mass is 402 g/mol. The molecule has 0 radical (unpaired) electrons. The zero-order valence-electron chi connectivity index (χ0n) is 17.3. The van der Waals surface area contributed by atoms with Crippen molar-refractivity contribution in [1.29, 1.82) is 5.41 Å². The van der Waals surface area contributed by atoms with Gasteiger partial charge in [-0.1, -0.05) is 32.1 Å². The Bertz CT molecular complexity index is 817. The summed E-state index contributed by atoms with van der Waals surface area (Å²) in [6.45, 7) is 7.33. The minimum absolute atomic E-state index is 0.272. The van der Waals surface area contributed by atoms with Gasteiger partial charge in [-0.25, -0.2) is 4.39 Å². The van der Waals surface area contributed by atoms with Crippen molar-refractivity contribution in [3.63, 3.8) is 0 Å². The van der Waals surface area contributed by atoms with Crippen LogP contribution in [0.4, 0.5) is 15.9 Å². The van der Waals surface area contributed by atoms with Crippen LogP contribution in [0, 0.1) is 5.41 Å². The number of ether oxygens (including phenoxy) is 1. The number of aromatic nitrogens is 1. The molecular formula is C22H31FN4O2. The van der Waals surface area contributed by atoms with Gasteiger partial charge < -0.3 is 30.5 Å². The van der Waals surface area contributed by atoms with Gasteiger partial charge in [0, 0.05) is 35.8 Å². The molecule has 0 fully saturated rings. The number of nitrogens with zero attached hydrogens (tertiary/aromatic N) is 1. The molecule has 0 bridgehead atoms. The van der Waals surface area contributed by atoms with E-state index in [9.17, 15) is 9.50 Å². The molecule has 2 rings (SSSR count). The Morgan fingerprint density at radius 3 is 2.59 bits per heavy atom. The van der Waals surface area contributed by atoms with Crippen molar-refractivity contribution in [2.24, 2.45) is 0 Å². The number of alkyl halides is 1. The van der Waals surface area contributed by atoms with E-state index >= 15 is 0 Å². The van der Waals surface area contributed by atoms with Gasteiger partial charge in [-0.3, -0.25) is 0 Å². The fourth-order valence-corrected chi connectivity index (χ4v) is 3.40. The van der Waals surface area contributed by atoms with Crippen LogP contribution in [0.15, 0.2) is 43.2 Å². The van der Waals surface area contributed by atoms with Gasteiger partial charge in [0.25, 0.3) is 0 Å². The minimum atomic E-state index is -1.06. The van der Waals surface area contributed by atoms with Crippen molar-refractivity contribution >= 4 is 17.2 Å². The first-order valence-corrected chi connectivity index (χ1v) is 9.72. The quantitative estimate of drug-likeness (QED) is 0.298. The zero-order valence-corrected chi connectivity index (χ0v) is 17.3. The molecule has 29 heavy (non-hydrogen) atoms. The third kappa shape index (κ3) is 5.46.